The van der Waals surface area contributed by atoms with E-state index in [1.165, 1.54) is 12.8 Å². The van der Waals surface area contributed by atoms with E-state index < -0.39 is 0 Å². The van der Waals surface area contributed by atoms with Gasteiger partial charge >= 0.3 is 0 Å². The molecule has 1 aromatic rings. The minimum absolute atomic E-state index is 0.279. The lowest BCUT2D eigenvalue weighted by Gasteiger charge is -2.26. The number of hydrogen-bond donors (Lipinski definition) is 0. The van der Waals surface area contributed by atoms with Gasteiger partial charge in [0, 0.05) is 25.7 Å². The molecular formula is C12H20ClN5. The van der Waals surface area contributed by atoms with Crippen LogP contribution in [0.1, 0.15) is 33.6 Å². The van der Waals surface area contributed by atoms with Crippen LogP contribution in [0.3, 0.4) is 0 Å². The molecule has 1 saturated heterocycles. The van der Waals surface area contributed by atoms with Gasteiger partial charge in [-0.2, -0.15) is 15.0 Å². The Labute approximate surface area is 113 Å². The predicted octanol–water partition coefficient (Wildman–Crippen LogP) is 2.36. The summed E-state index contributed by atoms with van der Waals surface area (Å²) in [4.78, 5) is 17.3. The first-order valence-corrected chi connectivity index (χ1v) is 6.92. The van der Waals surface area contributed by atoms with Crippen molar-refractivity contribution in [3.05, 3.63) is 5.28 Å². The van der Waals surface area contributed by atoms with Crippen molar-refractivity contribution < 1.29 is 0 Å². The van der Waals surface area contributed by atoms with Crippen molar-refractivity contribution in [1.82, 2.24) is 15.0 Å². The molecule has 0 atom stereocenters. The number of anilines is 2. The highest BCUT2D eigenvalue weighted by molar-refractivity contribution is 6.28. The number of halogens is 1. The Balaban J connectivity index is 2.30. The van der Waals surface area contributed by atoms with E-state index in [1.807, 2.05) is 0 Å². The van der Waals surface area contributed by atoms with Crippen LogP contribution >= 0.6 is 11.6 Å². The Morgan fingerprint density at radius 2 is 1.89 bits per heavy atom. The topological polar surface area (TPSA) is 45.2 Å². The molecule has 0 radical (unpaired) electrons. The van der Waals surface area contributed by atoms with Crippen LogP contribution in [0.15, 0.2) is 0 Å². The molecule has 2 rings (SSSR count). The third-order valence-electron chi connectivity index (χ3n) is 3.19. The highest BCUT2D eigenvalue weighted by atomic mass is 35.5. The molecule has 0 aromatic carbocycles. The zero-order chi connectivity index (χ0) is 13.1. The van der Waals surface area contributed by atoms with Crippen LogP contribution in [-0.4, -0.2) is 40.6 Å². The molecule has 1 aliphatic rings. The van der Waals surface area contributed by atoms with Gasteiger partial charge in [-0.15, -0.1) is 0 Å². The van der Waals surface area contributed by atoms with Crippen molar-refractivity contribution in [2.45, 2.75) is 39.7 Å². The maximum atomic E-state index is 6.02. The molecule has 5 nitrogen and oxygen atoms in total. The molecule has 1 aliphatic heterocycles. The van der Waals surface area contributed by atoms with Crippen LogP contribution < -0.4 is 9.80 Å². The van der Waals surface area contributed by atoms with Crippen molar-refractivity contribution in [3.8, 4) is 0 Å². The zero-order valence-corrected chi connectivity index (χ0v) is 12.0. The SMILES string of the molecule is CCN(c1nc(Cl)nc(N2CCCC2)n1)C(C)C. The van der Waals surface area contributed by atoms with E-state index in [9.17, 15) is 0 Å². The molecule has 0 spiro atoms. The van der Waals surface area contributed by atoms with Crippen molar-refractivity contribution in [3.63, 3.8) is 0 Å². The Bertz CT molecular complexity index is 403. The first kappa shape index (κ1) is 13.3. The van der Waals surface area contributed by atoms with Crippen molar-refractivity contribution in [1.29, 1.82) is 0 Å². The van der Waals surface area contributed by atoms with Crippen LogP contribution in [0.5, 0.6) is 0 Å². The van der Waals surface area contributed by atoms with E-state index in [0.717, 1.165) is 19.6 Å². The second-order valence-corrected chi connectivity index (χ2v) is 5.12. The average Bonchev–Trinajstić information content (AvgIpc) is 2.82. The van der Waals surface area contributed by atoms with Gasteiger partial charge in [0.15, 0.2) is 0 Å². The minimum atomic E-state index is 0.279. The summed E-state index contributed by atoms with van der Waals surface area (Å²) in [5.41, 5.74) is 0. The third kappa shape index (κ3) is 2.83. The van der Waals surface area contributed by atoms with Gasteiger partial charge in [-0.05, 0) is 45.2 Å². The molecular weight excluding hydrogens is 250 g/mol. The molecule has 1 aromatic heterocycles. The molecule has 0 N–H and O–H groups in total. The molecule has 0 aliphatic carbocycles. The molecule has 18 heavy (non-hydrogen) atoms. The lowest BCUT2D eigenvalue weighted by atomic mass is 10.3. The fourth-order valence-electron chi connectivity index (χ4n) is 2.25. The molecule has 1 fully saturated rings. The third-order valence-corrected chi connectivity index (χ3v) is 3.36. The van der Waals surface area contributed by atoms with Crippen molar-refractivity contribution >= 4 is 23.5 Å². The second kappa shape index (κ2) is 5.69. The largest absolute Gasteiger partial charge is 0.341 e. The van der Waals surface area contributed by atoms with E-state index in [2.05, 4.69) is 45.5 Å². The van der Waals surface area contributed by atoms with E-state index in [4.69, 9.17) is 11.6 Å². The van der Waals surface area contributed by atoms with Gasteiger partial charge in [-0.25, -0.2) is 0 Å². The monoisotopic (exact) mass is 269 g/mol. The minimum Gasteiger partial charge on any atom is -0.341 e. The summed E-state index contributed by atoms with van der Waals surface area (Å²) in [5, 5.41) is 0.279. The smallest absolute Gasteiger partial charge is 0.231 e. The summed E-state index contributed by atoms with van der Waals surface area (Å²) >= 11 is 6.02. The summed E-state index contributed by atoms with van der Waals surface area (Å²) in [6.45, 7) is 9.21. The summed E-state index contributed by atoms with van der Waals surface area (Å²) < 4.78 is 0. The summed E-state index contributed by atoms with van der Waals surface area (Å²) in [6, 6.07) is 0.347. The van der Waals surface area contributed by atoms with Crippen molar-refractivity contribution in [2.24, 2.45) is 0 Å². The van der Waals surface area contributed by atoms with Gasteiger partial charge in [0.25, 0.3) is 0 Å². The number of aromatic nitrogens is 3. The molecule has 6 heteroatoms. The van der Waals surface area contributed by atoms with Gasteiger partial charge in [-0.1, -0.05) is 0 Å². The van der Waals surface area contributed by atoms with Gasteiger partial charge in [0.2, 0.25) is 17.2 Å². The van der Waals surface area contributed by atoms with E-state index in [-0.39, 0.29) is 5.28 Å². The Morgan fingerprint density at radius 3 is 2.44 bits per heavy atom. The lowest BCUT2D eigenvalue weighted by Crippen LogP contribution is -2.33. The van der Waals surface area contributed by atoms with E-state index in [0.29, 0.717) is 17.9 Å². The molecule has 0 amide bonds. The number of rotatable bonds is 4. The van der Waals surface area contributed by atoms with Crippen molar-refractivity contribution in [2.75, 3.05) is 29.4 Å². The van der Waals surface area contributed by atoms with Crippen LogP contribution in [0.2, 0.25) is 5.28 Å². The standard InChI is InChI=1S/C12H20ClN5/c1-4-18(9(2)3)12-15-10(13)14-11(16-12)17-7-5-6-8-17/h9H,4-8H2,1-3H3. The predicted molar refractivity (Wildman–Crippen MR) is 74.4 cm³/mol. The summed E-state index contributed by atoms with van der Waals surface area (Å²) in [6.07, 6.45) is 2.39. The summed E-state index contributed by atoms with van der Waals surface area (Å²) in [7, 11) is 0. The molecule has 100 valence electrons. The average molecular weight is 270 g/mol. The van der Waals surface area contributed by atoms with Crippen LogP contribution in [0.25, 0.3) is 0 Å². The van der Waals surface area contributed by atoms with Gasteiger partial charge in [0.1, 0.15) is 0 Å². The van der Waals surface area contributed by atoms with Crippen LogP contribution in [-0.2, 0) is 0 Å². The molecule has 2 heterocycles. The van der Waals surface area contributed by atoms with Gasteiger partial charge in [-0.3, -0.25) is 0 Å². The molecule has 0 bridgehead atoms. The lowest BCUT2D eigenvalue weighted by molar-refractivity contribution is 0.676. The van der Waals surface area contributed by atoms with Gasteiger partial charge < -0.3 is 9.80 Å². The second-order valence-electron chi connectivity index (χ2n) is 4.78. The maximum absolute atomic E-state index is 6.02. The summed E-state index contributed by atoms with van der Waals surface area (Å²) in [5.74, 6) is 1.39. The normalized spacial score (nSPS) is 15.5. The van der Waals surface area contributed by atoms with Gasteiger partial charge in [0.05, 0.1) is 0 Å². The zero-order valence-electron chi connectivity index (χ0n) is 11.2. The first-order chi connectivity index (χ1) is 8.61. The van der Waals surface area contributed by atoms with E-state index >= 15 is 0 Å². The number of hydrogen-bond acceptors (Lipinski definition) is 5. The fourth-order valence-corrected chi connectivity index (χ4v) is 2.41. The van der Waals surface area contributed by atoms with Crippen LogP contribution in [0, 0.1) is 0 Å². The quantitative estimate of drug-likeness (QED) is 0.840. The Morgan fingerprint density at radius 1 is 1.22 bits per heavy atom. The van der Waals surface area contributed by atoms with Crippen LogP contribution in [0.4, 0.5) is 11.9 Å². The highest BCUT2D eigenvalue weighted by Gasteiger charge is 2.19. The highest BCUT2D eigenvalue weighted by Crippen LogP contribution is 2.21. The Kier molecular flexibility index (Phi) is 4.22. The Hall–Kier alpha value is -1.10. The maximum Gasteiger partial charge on any atom is 0.231 e. The van der Waals surface area contributed by atoms with E-state index in [1.54, 1.807) is 0 Å². The fraction of sp³-hybridized carbons (Fsp3) is 0.750. The number of nitrogens with zero attached hydrogens (tertiary/aromatic N) is 5. The molecule has 0 saturated carbocycles. The first-order valence-electron chi connectivity index (χ1n) is 6.55. The molecule has 0 unspecified atom stereocenters.